The normalized spacial score (nSPS) is 11.6. The van der Waals surface area contributed by atoms with E-state index in [0.717, 1.165) is 6.42 Å². The molecule has 7 nitrogen and oxygen atoms in total. The summed E-state index contributed by atoms with van der Waals surface area (Å²) in [5, 5.41) is 16.9. The van der Waals surface area contributed by atoms with Crippen molar-refractivity contribution in [1.29, 1.82) is 5.26 Å². The zero-order valence-corrected chi connectivity index (χ0v) is 15.8. The van der Waals surface area contributed by atoms with Gasteiger partial charge in [-0.3, -0.25) is 0 Å². The summed E-state index contributed by atoms with van der Waals surface area (Å²) < 4.78 is 32.2. The molecule has 0 aliphatic rings. The average molecular weight is 380 g/mol. The van der Waals surface area contributed by atoms with E-state index in [-0.39, 0.29) is 10.8 Å². The minimum atomic E-state index is -3.54. The molecule has 0 amide bonds. The molecule has 0 aliphatic carbocycles. The minimum absolute atomic E-state index is 0.204. The summed E-state index contributed by atoms with van der Waals surface area (Å²) in [5.41, 5.74) is 0.560. The van der Waals surface area contributed by atoms with Crippen LogP contribution in [0.1, 0.15) is 26.7 Å². The molecule has 25 heavy (non-hydrogen) atoms. The highest BCUT2D eigenvalue weighted by molar-refractivity contribution is 7.99. The number of unbranched alkanes of at least 4 members (excludes halogenated alkanes) is 1. The van der Waals surface area contributed by atoms with Gasteiger partial charge in [-0.25, -0.2) is 8.42 Å². The fourth-order valence-electron chi connectivity index (χ4n) is 2.20. The summed E-state index contributed by atoms with van der Waals surface area (Å²) in [7, 11) is -3.54. The van der Waals surface area contributed by atoms with Crippen LogP contribution in [0.2, 0.25) is 0 Å². The van der Waals surface area contributed by atoms with Gasteiger partial charge in [-0.1, -0.05) is 31.7 Å². The summed E-state index contributed by atoms with van der Waals surface area (Å²) in [6.45, 7) is 4.43. The van der Waals surface area contributed by atoms with Crippen LogP contribution >= 0.6 is 11.8 Å². The van der Waals surface area contributed by atoms with Crippen molar-refractivity contribution >= 4 is 21.8 Å². The van der Waals surface area contributed by atoms with Crippen molar-refractivity contribution in [2.24, 2.45) is 0 Å². The number of hydrogen-bond acceptors (Lipinski definition) is 7. The molecule has 0 spiro atoms. The van der Waals surface area contributed by atoms with Crippen molar-refractivity contribution < 1.29 is 12.8 Å². The fraction of sp³-hybridized carbons (Fsp3) is 0.438. The zero-order valence-electron chi connectivity index (χ0n) is 14.2. The molecule has 1 aromatic carbocycles. The molecule has 1 heterocycles. The average Bonchev–Trinajstić information content (AvgIpc) is 3.09. The number of rotatable bonds is 9. The van der Waals surface area contributed by atoms with Gasteiger partial charge in [-0.2, -0.15) is 9.57 Å². The number of nitrogens with zero attached hydrogens (tertiary/aromatic N) is 4. The maximum Gasteiger partial charge on any atom is 0.276 e. The van der Waals surface area contributed by atoms with Crippen LogP contribution in [-0.2, 0) is 10.0 Å². The summed E-state index contributed by atoms with van der Waals surface area (Å²) >= 11 is 1.38. The topological polar surface area (TPSA) is 100 Å². The Hall–Kier alpha value is -1.89. The molecular formula is C16H20N4O3S2. The van der Waals surface area contributed by atoms with Crippen LogP contribution in [0.5, 0.6) is 0 Å². The molecule has 0 N–H and O–H groups in total. The Morgan fingerprint density at radius 1 is 1.28 bits per heavy atom. The van der Waals surface area contributed by atoms with Crippen LogP contribution in [0.3, 0.4) is 0 Å². The third kappa shape index (κ3) is 4.81. The highest BCUT2D eigenvalue weighted by Crippen LogP contribution is 2.26. The van der Waals surface area contributed by atoms with E-state index in [0.29, 0.717) is 36.0 Å². The van der Waals surface area contributed by atoms with E-state index in [4.69, 9.17) is 9.68 Å². The monoisotopic (exact) mass is 380 g/mol. The molecule has 0 aliphatic heterocycles. The Balaban J connectivity index is 2.19. The Bertz CT molecular complexity index is 839. The largest absolute Gasteiger partial charge is 0.411 e. The fourth-order valence-corrected chi connectivity index (χ4v) is 4.40. The van der Waals surface area contributed by atoms with E-state index < -0.39 is 10.0 Å². The van der Waals surface area contributed by atoms with Crippen LogP contribution in [0, 0.1) is 11.3 Å². The van der Waals surface area contributed by atoms with Crippen LogP contribution in [-0.4, -0.2) is 41.8 Å². The second-order valence-corrected chi connectivity index (χ2v) is 8.08. The van der Waals surface area contributed by atoms with Crippen molar-refractivity contribution in [3.05, 3.63) is 24.3 Å². The summed E-state index contributed by atoms with van der Waals surface area (Å²) in [6, 6.07) is 8.59. The van der Waals surface area contributed by atoms with Crippen molar-refractivity contribution in [3.63, 3.8) is 0 Å². The number of aromatic nitrogens is 2. The van der Waals surface area contributed by atoms with Crippen molar-refractivity contribution in [2.75, 3.05) is 18.8 Å². The maximum atomic E-state index is 12.6. The maximum absolute atomic E-state index is 12.6. The Kier molecular flexibility index (Phi) is 6.99. The molecule has 1 aromatic heterocycles. The number of benzene rings is 1. The van der Waals surface area contributed by atoms with Gasteiger partial charge in [0.2, 0.25) is 15.9 Å². The van der Waals surface area contributed by atoms with Gasteiger partial charge in [-0.05, 0) is 24.6 Å². The van der Waals surface area contributed by atoms with E-state index in [2.05, 4.69) is 16.3 Å². The molecule has 0 radical (unpaired) electrons. The van der Waals surface area contributed by atoms with Gasteiger partial charge in [0.15, 0.2) is 0 Å². The Morgan fingerprint density at radius 2 is 2.04 bits per heavy atom. The highest BCUT2D eigenvalue weighted by atomic mass is 32.2. The van der Waals surface area contributed by atoms with Gasteiger partial charge < -0.3 is 4.42 Å². The molecule has 2 rings (SSSR count). The first kappa shape index (κ1) is 19.4. The smallest absolute Gasteiger partial charge is 0.276 e. The third-order valence-electron chi connectivity index (χ3n) is 3.49. The standard InChI is InChI=1S/C16H20N4O3S2/c1-3-20(4-2)25(21,22)14-9-7-8-13(12-14)15-18-19-16(23-15)24-11-6-5-10-17/h7-9,12H,3-6,11H2,1-2H3. The van der Waals surface area contributed by atoms with E-state index in [1.807, 2.05) is 0 Å². The quantitative estimate of drug-likeness (QED) is 0.486. The lowest BCUT2D eigenvalue weighted by atomic mass is 10.2. The van der Waals surface area contributed by atoms with Crippen molar-refractivity contribution in [1.82, 2.24) is 14.5 Å². The number of thioether (sulfide) groups is 1. The van der Waals surface area contributed by atoms with Crippen molar-refractivity contribution in [2.45, 2.75) is 36.8 Å². The van der Waals surface area contributed by atoms with E-state index in [9.17, 15) is 8.42 Å². The van der Waals surface area contributed by atoms with Gasteiger partial charge in [0.1, 0.15) is 0 Å². The first-order valence-electron chi connectivity index (χ1n) is 7.96. The Labute approximate surface area is 152 Å². The number of hydrogen-bond donors (Lipinski definition) is 0. The van der Waals surface area contributed by atoms with E-state index in [1.54, 1.807) is 38.1 Å². The van der Waals surface area contributed by atoms with Crippen LogP contribution in [0.4, 0.5) is 0 Å². The lowest BCUT2D eigenvalue weighted by Gasteiger charge is -2.18. The second kappa shape index (κ2) is 8.99. The molecule has 0 saturated carbocycles. The van der Waals surface area contributed by atoms with Gasteiger partial charge >= 0.3 is 0 Å². The number of nitriles is 1. The predicted molar refractivity (Wildman–Crippen MR) is 95.4 cm³/mol. The van der Waals surface area contributed by atoms with E-state index >= 15 is 0 Å². The third-order valence-corrected chi connectivity index (χ3v) is 6.44. The van der Waals surface area contributed by atoms with Gasteiger partial charge in [0.25, 0.3) is 5.22 Å². The van der Waals surface area contributed by atoms with Gasteiger partial charge in [-0.15, -0.1) is 10.2 Å². The molecule has 0 bridgehead atoms. The molecule has 9 heteroatoms. The lowest BCUT2D eigenvalue weighted by molar-refractivity contribution is 0.445. The van der Waals surface area contributed by atoms with Crippen LogP contribution in [0.25, 0.3) is 11.5 Å². The Morgan fingerprint density at radius 3 is 2.72 bits per heavy atom. The first-order valence-corrected chi connectivity index (χ1v) is 10.4. The summed E-state index contributed by atoms with van der Waals surface area (Å²) in [4.78, 5) is 0.204. The molecule has 0 unspecified atom stereocenters. The second-order valence-electron chi connectivity index (χ2n) is 5.10. The van der Waals surface area contributed by atoms with Gasteiger partial charge in [0.05, 0.1) is 11.0 Å². The van der Waals surface area contributed by atoms with Crippen molar-refractivity contribution in [3.8, 4) is 17.5 Å². The first-order chi connectivity index (χ1) is 12.0. The lowest BCUT2D eigenvalue weighted by Crippen LogP contribution is -2.30. The minimum Gasteiger partial charge on any atom is -0.411 e. The van der Waals surface area contributed by atoms with Crippen LogP contribution < -0.4 is 0 Å². The van der Waals surface area contributed by atoms with E-state index in [1.165, 1.54) is 16.1 Å². The molecular weight excluding hydrogens is 360 g/mol. The van der Waals surface area contributed by atoms with Gasteiger partial charge in [0, 0.05) is 30.8 Å². The SMILES string of the molecule is CCN(CC)S(=O)(=O)c1cccc(-c2nnc(SCCCC#N)o2)c1. The highest BCUT2D eigenvalue weighted by Gasteiger charge is 2.22. The zero-order chi connectivity index (χ0) is 18.3. The molecule has 134 valence electrons. The van der Waals surface area contributed by atoms with Crippen LogP contribution in [0.15, 0.2) is 38.8 Å². The predicted octanol–water partition coefficient (Wildman–Crippen LogP) is 3.16. The molecule has 0 atom stereocenters. The number of sulfonamides is 1. The summed E-state index contributed by atoms with van der Waals surface area (Å²) in [6.07, 6.45) is 1.23. The molecule has 0 fully saturated rings. The molecule has 0 saturated heterocycles. The molecule has 2 aromatic rings. The summed E-state index contributed by atoms with van der Waals surface area (Å²) in [5.74, 6) is 0.991.